The Morgan fingerprint density at radius 2 is 2.00 bits per heavy atom. The van der Waals surface area contributed by atoms with Crippen molar-refractivity contribution in [1.29, 1.82) is 0 Å². The first-order valence-corrected chi connectivity index (χ1v) is 11.2. The Labute approximate surface area is 187 Å². The van der Waals surface area contributed by atoms with Gasteiger partial charge in [0.2, 0.25) is 5.95 Å². The first-order valence-electron chi connectivity index (χ1n) is 11.2. The van der Waals surface area contributed by atoms with Gasteiger partial charge in [0.1, 0.15) is 11.1 Å². The predicted molar refractivity (Wildman–Crippen MR) is 115 cm³/mol. The molecule has 6 rings (SSSR count). The van der Waals surface area contributed by atoms with Crippen LogP contribution in [-0.2, 0) is 4.74 Å². The molecule has 0 amide bonds. The number of alkyl halides is 3. The fourth-order valence-electron chi connectivity index (χ4n) is 5.15. The van der Waals surface area contributed by atoms with Gasteiger partial charge in [-0.25, -0.2) is 4.98 Å². The Balaban J connectivity index is 1.34. The number of halogens is 3. The summed E-state index contributed by atoms with van der Waals surface area (Å²) in [4.78, 5) is 11.4. The van der Waals surface area contributed by atoms with Gasteiger partial charge in [-0.05, 0) is 38.5 Å². The van der Waals surface area contributed by atoms with Crippen molar-refractivity contribution in [1.82, 2.24) is 24.6 Å². The molecule has 5 heterocycles. The maximum atomic E-state index is 13.3. The molecule has 2 atom stereocenters. The molecule has 3 aromatic heterocycles. The first-order chi connectivity index (χ1) is 15.7. The summed E-state index contributed by atoms with van der Waals surface area (Å²) in [7, 11) is 0. The van der Waals surface area contributed by atoms with E-state index in [1.165, 1.54) is 0 Å². The van der Waals surface area contributed by atoms with Crippen LogP contribution in [0.4, 0.5) is 19.1 Å². The topological polar surface area (TPSA) is 97.4 Å². The summed E-state index contributed by atoms with van der Waals surface area (Å²) in [6.45, 7) is 4.24. The molecule has 11 heteroatoms. The molecule has 0 unspecified atom stereocenters. The molecule has 0 radical (unpaired) electrons. The minimum absolute atomic E-state index is 0.0118. The number of H-pyrrole nitrogens is 1. The molecule has 3 fully saturated rings. The van der Waals surface area contributed by atoms with Crippen LogP contribution in [0, 0.1) is 22.7 Å². The van der Waals surface area contributed by atoms with Gasteiger partial charge >= 0.3 is 6.18 Å². The van der Waals surface area contributed by atoms with Crippen molar-refractivity contribution in [2.45, 2.75) is 50.9 Å². The minimum Gasteiger partial charge on any atom is -0.376 e. The Kier molecular flexibility index (Phi) is 4.30. The molecule has 0 aromatic carbocycles. The third kappa shape index (κ3) is 3.04. The van der Waals surface area contributed by atoms with Gasteiger partial charge in [-0.3, -0.25) is 9.50 Å². The van der Waals surface area contributed by atoms with Gasteiger partial charge in [-0.2, -0.15) is 23.3 Å². The maximum absolute atomic E-state index is 13.3. The van der Waals surface area contributed by atoms with Crippen molar-refractivity contribution >= 4 is 22.6 Å². The van der Waals surface area contributed by atoms with Gasteiger partial charge in [-0.1, -0.05) is 5.92 Å². The Hall–Kier alpha value is -2.84. The number of aromatic amines is 1. The van der Waals surface area contributed by atoms with E-state index in [9.17, 15) is 13.2 Å². The van der Waals surface area contributed by atoms with E-state index in [2.05, 4.69) is 31.9 Å². The number of ether oxygens (including phenoxy) is 1. The molecule has 3 aliphatic rings. The molecule has 1 aliphatic carbocycles. The average molecular weight is 459 g/mol. The van der Waals surface area contributed by atoms with Crippen molar-refractivity contribution in [2.24, 2.45) is 16.6 Å². The van der Waals surface area contributed by atoms with Crippen LogP contribution in [0.5, 0.6) is 0 Å². The van der Waals surface area contributed by atoms with Crippen LogP contribution in [0.3, 0.4) is 0 Å². The lowest BCUT2D eigenvalue weighted by molar-refractivity contribution is -0.168. The zero-order valence-electron chi connectivity index (χ0n) is 18.1. The van der Waals surface area contributed by atoms with E-state index in [-0.39, 0.29) is 36.1 Å². The van der Waals surface area contributed by atoms with E-state index < -0.39 is 11.6 Å². The fraction of sp³-hybridized carbons (Fsp3) is 0.591. The van der Waals surface area contributed by atoms with E-state index in [1.54, 1.807) is 12.4 Å². The predicted octanol–water partition coefficient (Wildman–Crippen LogP) is 2.63. The molecule has 33 heavy (non-hydrogen) atoms. The van der Waals surface area contributed by atoms with Gasteiger partial charge in [0.05, 0.1) is 18.1 Å². The van der Waals surface area contributed by atoms with E-state index in [0.717, 1.165) is 25.9 Å². The van der Waals surface area contributed by atoms with Crippen LogP contribution < -0.4 is 10.6 Å². The molecule has 2 saturated heterocycles. The second-order valence-corrected chi connectivity index (χ2v) is 9.55. The maximum Gasteiger partial charge on any atom is 0.405 e. The number of anilines is 1. The second-order valence-electron chi connectivity index (χ2n) is 9.55. The van der Waals surface area contributed by atoms with E-state index >= 15 is 0 Å². The summed E-state index contributed by atoms with van der Waals surface area (Å²) in [5.41, 5.74) is 5.78. The lowest BCUT2D eigenvalue weighted by Crippen LogP contribution is -2.51. The first kappa shape index (κ1) is 20.7. The van der Waals surface area contributed by atoms with Crippen molar-refractivity contribution in [3.05, 3.63) is 18.1 Å². The molecule has 8 nitrogen and oxygen atoms in total. The summed E-state index contributed by atoms with van der Waals surface area (Å²) in [6, 6.07) is 0.0172. The Morgan fingerprint density at radius 3 is 2.64 bits per heavy atom. The monoisotopic (exact) mass is 459 g/mol. The van der Waals surface area contributed by atoms with Gasteiger partial charge in [0.15, 0.2) is 11.3 Å². The molecule has 1 saturated carbocycles. The number of hydrogen-bond acceptors (Lipinski definition) is 6. The largest absolute Gasteiger partial charge is 0.405 e. The molecule has 0 bridgehead atoms. The van der Waals surface area contributed by atoms with Crippen LogP contribution >= 0.6 is 0 Å². The smallest absolute Gasteiger partial charge is 0.376 e. The van der Waals surface area contributed by atoms with Gasteiger partial charge in [0, 0.05) is 36.9 Å². The van der Waals surface area contributed by atoms with Gasteiger partial charge < -0.3 is 15.4 Å². The molecule has 174 valence electrons. The number of nitrogens with zero attached hydrogens (tertiary/aromatic N) is 5. The van der Waals surface area contributed by atoms with E-state index in [4.69, 9.17) is 15.5 Å². The standard InChI is InChI=1S/C22H24F3N7O/c1-13-16(26)20(12-33-13)6-9-31(10-7-20)19-28-17-15(18-27-8-11-32(18)19)14(29-30-17)2-3-21(4-5-21)22(23,24)25/h8,11,13,16H,4-7,9-10,12,26H2,1H3,(H,29,30)/t13-,16+/m0/s1. The fourth-order valence-corrected chi connectivity index (χ4v) is 5.15. The number of rotatable bonds is 1. The number of fused-ring (bicyclic) bond motifs is 3. The zero-order valence-corrected chi connectivity index (χ0v) is 18.1. The Morgan fingerprint density at radius 1 is 1.24 bits per heavy atom. The number of nitrogens with two attached hydrogens (primary N) is 1. The quantitative estimate of drug-likeness (QED) is 0.543. The molecular weight excluding hydrogens is 435 g/mol. The average Bonchev–Trinajstić information content (AvgIpc) is 3.14. The number of nitrogens with one attached hydrogen (secondary N) is 1. The van der Waals surface area contributed by atoms with Gasteiger partial charge in [0.25, 0.3) is 0 Å². The third-order valence-corrected chi connectivity index (χ3v) is 7.64. The van der Waals surface area contributed by atoms with Crippen LogP contribution in [0.25, 0.3) is 16.7 Å². The SMILES string of the molecule is C[C@@H]1OCC2(CCN(c3nc4[nH]nc(C#CC5(C(F)(F)F)CC5)c4c4nccn34)CC2)[C@@H]1N. The number of piperidine rings is 1. The molecule has 1 spiro atoms. The second kappa shape index (κ2) is 6.84. The summed E-state index contributed by atoms with van der Waals surface area (Å²) >= 11 is 0. The lowest BCUT2D eigenvalue weighted by atomic mass is 9.73. The summed E-state index contributed by atoms with van der Waals surface area (Å²) in [6.07, 6.45) is 1.01. The third-order valence-electron chi connectivity index (χ3n) is 7.64. The summed E-state index contributed by atoms with van der Waals surface area (Å²) < 4.78 is 47.5. The molecule has 3 N–H and O–H groups in total. The van der Waals surface area contributed by atoms with Crippen LogP contribution in [0.15, 0.2) is 12.4 Å². The lowest BCUT2D eigenvalue weighted by Gasteiger charge is -2.41. The Bertz CT molecular complexity index is 1290. The van der Waals surface area contributed by atoms with Crippen LogP contribution in [-0.4, -0.2) is 62.6 Å². The minimum atomic E-state index is -4.34. The van der Waals surface area contributed by atoms with Crippen molar-refractivity contribution < 1.29 is 17.9 Å². The molecule has 3 aromatic rings. The van der Waals surface area contributed by atoms with Crippen molar-refractivity contribution in [3.63, 3.8) is 0 Å². The highest BCUT2D eigenvalue weighted by Gasteiger charge is 2.62. The van der Waals surface area contributed by atoms with E-state index in [0.29, 0.717) is 29.2 Å². The van der Waals surface area contributed by atoms with Crippen molar-refractivity contribution in [3.8, 4) is 11.8 Å². The molecular formula is C22H24F3N7O. The number of imidazole rings is 1. The molecule has 2 aliphatic heterocycles. The van der Waals surface area contributed by atoms with Crippen LogP contribution in [0.2, 0.25) is 0 Å². The highest BCUT2D eigenvalue weighted by molar-refractivity contribution is 5.94. The van der Waals surface area contributed by atoms with Crippen LogP contribution in [0.1, 0.15) is 38.3 Å². The zero-order chi connectivity index (χ0) is 23.0. The summed E-state index contributed by atoms with van der Waals surface area (Å²) in [5.74, 6) is 5.78. The van der Waals surface area contributed by atoms with Crippen molar-refractivity contribution in [2.75, 3.05) is 24.6 Å². The highest BCUT2D eigenvalue weighted by atomic mass is 19.4. The number of aromatic nitrogens is 5. The normalized spacial score (nSPS) is 26.2. The van der Waals surface area contributed by atoms with Gasteiger partial charge in [-0.15, -0.1) is 0 Å². The highest BCUT2D eigenvalue weighted by Crippen LogP contribution is 2.57. The summed E-state index contributed by atoms with van der Waals surface area (Å²) in [5, 5.41) is 7.54. The number of hydrogen-bond donors (Lipinski definition) is 2. The van der Waals surface area contributed by atoms with E-state index in [1.807, 2.05) is 11.3 Å².